The van der Waals surface area contributed by atoms with Gasteiger partial charge < -0.3 is 0 Å². The molecule has 2 aliphatic rings. The van der Waals surface area contributed by atoms with Gasteiger partial charge in [-0.05, 0) is 104 Å². The molecule has 178 valence electrons. The molecule has 0 radical (unpaired) electrons. The van der Waals surface area contributed by atoms with Crippen molar-refractivity contribution in [2.45, 2.75) is 89.2 Å². The Morgan fingerprint density at radius 2 is 0.853 bits per heavy atom. The summed E-state index contributed by atoms with van der Waals surface area (Å²) < 4.78 is 0. The number of aryl methyl sites for hydroxylation is 2. The molecule has 0 atom stereocenters. The molecule has 34 heavy (non-hydrogen) atoms. The molecule has 0 bridgehead atoms. The topological polar surface area (TPSA) is 0 Å². The Bertz CT molecular complexity index is 1180. The molecule has 2 heterocycles. The first-order chi connectivity index (χ1) is 15.9. The van der Waals surface area contributed by atoms with Gasteiger partial charge in [0.05, 0.1) is 0 Å². The Labute approximate surface area is 215 Å². The van der Waals surface area contributed by atoms with Crippen molar-refractivity contribution < 1.29 is 0 Å². The molecule has 3 aromatic rings. The minimum Gasteiger partial charge on any atom is -0.152 e. The Morgan fingerprint density at radius 1 is 0.500 bits per heavy atom. The van der Waals surface area contributed by atoms with Crippen LogP contribution in [0.2, 0.25) is 0 Å². The summed E-state index contributed by atoms with van der Waals surface area (Å²) >= 11 is 4.14. The lowest BCUT2D eigenvalue weighted by molar-refractivity contribution is 0.589. The zero-order valence-corrected chi connectivity index (χ0v) is 23.7. The van der Waals surface area contributed by atoms with Gasteiger partial charge in [-0.2, -0.15) is 23.5 Å². The number of hydrogen-bond donors (Lipinski definition) is 0. The Morgan fingerprint density at radius 3 is 1.21 bits per heavy atom. The van der Waals surface area contributed by atoms with Gasteiger partial charge in [0, 0.05) is 23.0 Å². The van der Waals surface area contributed by atoms with Crippen LogP contribution in [0, 0.1) is 13.8 Å². The van der Waals surface area contributed by atoms with E-state index < -0.39 is 0 Å². The van der Waals surface area contributed by atoms with Crippen LogP contribution in [-0.4, -0.2) is 0 Å². The molecule has 0 saturated heterocycles. The van der Waals surface area contributed by atoms with Gasteiger partial charge in [0.15, 0.2) is 0 Å². The largest absolute Gasteiger partial charge is 0.152 e. The van der Waals surface area contributed by atoms with Gasteiger partial charge in [0.1, 0.15) is 0 Å². The summed E-state index contributed by atoms with van der Waals surface area (Å²) in [7, 11) is 0. The van der Waals surface area contributed by atoms with Crippen molar-refractivity contribution in [3.63, 3.8) is 0 Å². The molecule has 0 unspecified atom stereocenters. The fourth-order valence-electron chi connectivity index (χ4n) is 5.52. The summed E-state index contributed by atoms with van der Waals surface area (Å²) in [5.41, 5.74) is 18.1. The highest BCUT2D eigenvalue weighted by Gasteiger charge is 2.26. The van der Waals surface area contributed by atoms with Crippen LogP contribution in [0.5, 0.6) is 0 Å². The average molecular weight is 487 g/mol. The maximum atomic E-state index is 2.55. The molecule has 0 nitrogen and oxygen atoms in total. The molecule has 2 aliphatic heterocycles. The number of hydrogen-bond acceptors (Lipinski definition) is 2. The molecule has 5 rings (SSSR count). The second-order valence-corrected chi connectivity index (χ2v) is 14.3. The normalized spacial score (nSPS) is 15.5. The first-order valence-electron chi connectivity index (χ1n) is 12.5. The van der Waals surface area contributed by atoms with Crippen LogP contribution in [0.25, 0.3) is 22.3 Å². The van der Waals surface area contributed by atoms with E-state index in [1.54, 1.807) is 0 Å². The smallest absolute Gasteiger partial charge is 0.0194 e. The molecular weight excluding hydrogens is 448 g/mol. The maximum absolute atomic E-state index is 2.55. The molecule has 0 aliphatic carbocycles. The summed E-state index contributed by atoms with van der Waals surface area (Å²) in [5, 5.41) is 0. The van der Waals surface area contributed by atoms with Crippen molar-refractivity contribution in [3.8, 4) is 22.3 Å². The lowest BCUT2D eigenvalue weighted by Crippen LogP contribution is -2.12. The molecule has 0 spiro atoms. The van der Waals surface area contributed by atoms with Crippen LogP contribution >= 0.6 is 23.5 Å². The number of thioether (sulfide) groups is 2. The molecule has 3 aromatic carbocycles. The third kappa shape index (κ3) is 4.26. The van der Waals surface area contributed by atoms with E-state index >= 15 is 0 Å². The second-order valence-electron chi connectivity index (χ2n) is 12.3. The van der Waals surface area contributed by atoms with Gasteiger partial charge in [-0.25, -0.2) is 0 Å². The lowest BCUT2D eigenvalue weighted by atomic mass is 9.80. The minimum atomic E-state index is 0.178. The van der Waals surface area contributed by atoms with Gasteiger partial charge >= 0.3 is 0 Å². The third-order valence-corrected chi connectivity index (χ3v) is 9.52. The van der Waals surface area contributed by atoms with E-state index in [1.807, 2.05) is 0 Å². The van der Waals surface area contributed by atoms with Crippen LogP contribution < -0.4 is 0 Å². The van der Waals surface area contributed by atoms with E-state index in [9.17, 15) is 0 Å². The number of fused-ring (bicyclic) bond motifs is 6. The maximum Gasteiger partial charge on any atom is 0.0194 e. The standard InChI is InChI=1S/C32H38S2/c1-19-9-25(31(3,4)5)11-23-17-33-15-21-14-28-22(13-27(21)29(19)23)16-34-18-24-12-26(32(6,7)8)10-20(2)30(24)28/h9-14H,15-18H2,1-8H3. The van der Waals surface area contributed by atoms with Gasteiger partial charge in [-0.15, -0.1) is 0 Å². The van der Waals surface area contributed by atoms with Crippen LogP contribution in [-0.2, 0) is 33.8 Å². The highest BCUT2D eigenvalue weighted by atomic mass is 32.2. The van der Waals surface area contributed by atoms with Crippen molar-refractivity contribution in [1.82, 2.24) is 0 Å². The fourth-order valence-corrected chi connectivity index (χ4v) is 7.54. The quantitative estimate of drug-likeness (QED) is 0.310. The summed E-state index contributed by atoms with van der Waals surface area (Å²) in [6.07, 6.45) is 0. The van der Waals surface area contributed by atoms with Crippen molar-refractivity contribution in [1.29, 1.82) is 0 Å². The zero-order valence-electron chi connectivity index (χ0n) is 22.1. The molecule has 2 heteroatoms. The van der Waals surface area contributed by atoms with Crippen LogP contribution in [0.3, 0.4) is 0 Å². The van der Waals surface area contributed by atoms with Gasteiger partial charge in [0.2, 0.25) is 0 Å². The van der Waals surface area contributed by atoms with Crippen LogP contribution in [0.1, 0.15) is 86.1 Å². The zero-order chi connectivity index (χ0) is 24.4. The first-order valence-corrected chi connectivity index (χ1v) is 14.8. The van der Waals surface area contributed by atoms with E-state index in [4.69, 9.17) is 0 Å². The summed E-state index contributed by atoms with van der Waals surface area (Å²) in [6, 6.07) is 15.0. The number of rotatable bonds is 0. The fraction of sp³-hybridized carbons (Fsp3) is 0.438. The van der Waals surface area contributed by atoms with Crippen molar-refractivity contribution in [3.05, 3.63) is 80.9 Å². The SMILES string of the molecule is Cc1cc(C(C)(C)C)cc2c1-c1cc3c(cc1CSC2)-c1c(C)cc(C(C)(C)C)cc1CSC3. The summed E-state index contributed by atoms with van der Waals surface area (Å²) in [6.45, 7) is 18.6. The Kier molecular flexibility index (Phi) is 6.01. The minimum absolute atomic E-state index is 0.178. The predicted octanol–water partition coefficient (Wildman–Crippen LogP) is 9.73. The second kappa shape index (κ2) is 8.49. The molecule has 0 amide bonds. The van der Waals surface area contributed by atoms with Crippen LogP contribution in [0.15, 0.2) is 36.4 Å². The van der Waals surface area contributed by atoms with Crippen molar-refractivity contribution in [2.75, 3.05) is 0 Å². The highest BCUT2D eigenvalue weighted by molar-refractivity contribution is 7.98. The van der Waals surface area contributed by atoms with Crippen molar-refractivity contribution >= 4 is 23.5 Å². The molecule has 0 saturated carbocycles. The van der Waals surface area contributed by atoms with Crippen molar-refractivity contribution in [2.24, 2.45) is 0 Å². The van der Waals surface area contributed by atoms with E-state index in [2.05, 4.69) is 115 Å². The molecule has 0 aromatic heterocycles. The molecular formula is C32H38S2. The Balaban J connectivity index is 1.71. The van der Waals surface area contributed by atoms with Crippen LogP contribution in [0.4, 0.5) is 0 Å². The van der Waals surface area contributed by atoms with Gasteiger partial charge in [-0.1, -0.05) is 65.8 Å². The van der Waals surface area contributed by atoms with E-state index in [-0.39, 0.29) is 10.8 Å². The monoisotopic (exact) mass is 486 g/mol. The average Bonchev–Trinajstić information content (AvgIpc) is 3.02. The predicted molar refractivity (Wildman–Crippen MR) is 154 cm³/mol. The van der Waals surface area contributed by atoms with Gasteiger partial charge in [0.25, 0.3) is 0 Å². The van der Waals surface area contributed by atoms with E-state index in [0.29, 0.717) is 0 Å². The molecule has 0 N–H and O–H groups in total. The summed E-state index contributed by atoms with van der Waals surface area (Å²) in [4.78, 5) is 0. The highest BCUT2D eigenvalue weighted by Crippen LogP contribution is 2.46. The van der Waals surface area contributed by atoms with E-state index in [0.717, 1.165) is 23.0 Å². The lowest BCUT2D eigenvalue weighted by Gasteiger charge is -2.24. The first kappa shape index (κ1) is 24.1. The summed E-state index contributed by atoms with van der Waals surface area (Å²) in [5.74, 6) is 4.36. The number of benzene rings is 3. The Hall–Kier alpha value is -1.64. The van der Waals surface area contributed by atoms with E-state index in [1.165, 1.54) is 66.8 Å². The molecule has 0 fully saturated rings. The third-order valence-electron chi connectivity index (χ3n) is 7.46. The van der Waals surface area contributed by atoms with Gasteiger partial charge in [-0.3, -0.25) is 0 Å².